The molecule has 0 aromatic carbocycles. The Morgan fingerprint density at radius 3 is 2.89 bits per heavy atom. The molecule has 18 heavy (non-hydrogen) atoms. The predicted molar refractivity (Wildman–Crippen MR) is 65.5 cm³/mol. The van der Waals surface area contributed by atoms with Crippen LogP contribution in [0.1, 0.15) is 52.4 Å². The Bertz CT molecular complexity index is 292. The lowest BCUT2D eigenvalue weighted by Gasteiger charge is -2.45. The van der Waals surface area contributed by atoms with Crippen molar-refractivity contribution in [2.24, 2.45) is 11.8 Å². The van der Waals surface area contributed by atoms with Gasteiger partial charge in [-0.05, 0) is 38.0 Å². The van der Waals surface area contributed by atoms with Crippen molar-refractivity contribution in [3.05, 3.63) is 0 Å². The molecule has 0 aliphatic carbocycles. The molecule has 4 heteroatoms. The van der Waals surface area contributed by atoms with Crippen LogP contribution in [-0.4, -0.2) is 24.8 Å². The molecule has 4 rings (SSSR count). The number of ether oxygens (including phenoxy) is 2. The van der Waals surface area contributed by atoms with Gasteiger partial charge in [0, 0.05) is 6.42 Å². The average molecular weight is 256 g/mol. The van der Waals surface area contributed by atoms with Crippen molar-refractivity contribution in [1.82, 2.24) is 0 Å². The van der Waals surface area contributed by atoms with Crippen LogP contribution in [-0.2, 0) is 19.2 Å². The minimum Gasteiger partial charge on any atom is -0.350 e. The molecule has 4 aliphatic heterocycles. The quantitative estimate of drug-likeness (QED) is 0.624. The van der Waals surface area contributed by atoms with Gasteiger partial charge < -0.3 is 9.47 Å². The summed E-state index contributed by atoms with van der Waals surface area (Å²) in [4.78, 5) is 11.2. The lowest BCUT2D eigenvalue weighted by atomic mass is 9.87. The Labute approximate surface area is 109 Å². The van der Waals surface area contributed by atoms with Gasteiger partial charge in [0.1, 0.15) is 6.10 Å². The van der Waals surface area contributed by atoms with E-state index in [4.69, 9.17) is 19.2 Å². The van der Waals surface area contributed by atoms with Gasteiger partial charge in [0.15, 0.2) is 6.29 Å². The van der Waals surface area contributed by atoms with Gasteiger partial charge in [0.2, 0.25) is 5.79 Å². The maximum absolute atomic E-state index is 6.01. The Balaban J connectivity index is 1.78. The molecule has 4 fully saturated rings. The van der Waals surface area contributed by atoms with E-state index in [0.717, 1.165) is 31.8 Å². The van der Waals surface area contributed by atoms with Gasteiger partial charge in [0.25, 0.3) is 0 Å². The van der Waals surface area contributed by atoms with E-state index >= 15 is 0 Å². The summed E-state index contributed by atoms with van der Waals surface area (Å²) in [5.41, 5.74) is 0. The molecular formula is C14H24O4. The molecule has 4 aliphatic rings. The first-order valence-electron chi connectivity index (χ1n) is 7.30. The van der Waals surface area contributed by atoms with Crippen molar-refractivity contribution in [2.45, 2.75) is 70.6 Å². The third kappa shape index (κ3) is 2.57. The Hall–Kier alpha value is -0.160. The molecule has 5 atom stereocenters. The summed E-state index contributed by atoms with van der Waals surface area (Å²) < 4.78 is 11.7. The van der Waals surface area contributed by atoms with Crippen LogP contribution in [0.3, 0.4) is 0 Å². The fourth-order valence-corrected chi connectivity index (χ4v) is 3.29. The zero-order valence-corrected chi connectivity index (χ0v) is 11.4. The van der Waals surface area contributed by atoms with Crippen molar-refractivity contribution < 1.29 is 19.2 Å². The minimum absolute atomic E-state index is 0.0443. The highest BCUT2D eigenvalue weighted by molar-refractivity contribution is 4.82. The normalized spacial score (nSPS) is 49.7. The fraction of sp³-hybridized carbons (Fsp3) is 1.00. The molecule has 0 amide bonds. The van der Waals surface area contributed by atoms with Gasteiger partial charge in [0.05, 0.1) is 6.61 Å². The maximum Gasteiger partial charge on any atom is 0.201 e. The first-order valence-corrected chi connectivity index (χ1v) is 7.30. The van der Waals surface area contributed by atoms with Gasteiger partial charge in [-0.1, -0.05) is 19.8 Å². The summed E-state index contributed by atoms with van der Waals surface area (Å²) in [6.07, 6.45) is 6.46. The summed E-state index contributed by atoms with van der Waals surface area (Å²) in [7, 11) is 0. The van der Waals surface area contributed by atoms with Crippen molar-refractivity contribution in [3.8, 4) is 0 Å². The lowest BCUT2D eigenvalue weighted by molar-refractivity contribution is -0.534. The van der Waals surface area contributed by atoms with Crippen LogP contribution in [0, 0.1) is 11.8 Å². The monoisotopic (exact) mass is 256 g/mol. The summed E-state index contributed by atoms with van der Waals surface area (Å²) >= 11 is 0. The fourth-order valence-electron chi connectivity index (χ4n) is 3.29. The standard InChI is InChI=1S/C14H24O4/c1-10-4-3-8-14(2)16-13-12(17-18-14)11(6-5-10)7-9-15-13/h10-13H,3-9H2,1-2H3/t10-,11?,12-,13+,14-/m0/s1. The Kier molecular flexibility index (Phi) is 3.63. The van der Waals surface area contributed by atoms with Crippen molar-refractivity contribution >= 4 is 0 Å². The van der Waals surface area contributed by atoms with Gasteiger partial charge in [-0.3, -0.25) is 0 Å². The van der Waals surface area contributed by atoms with Crippen LogP contribution in [0.2, 0.25) is 0 Å². The first-order chi connectivity index (χ1) is 8.66. The molecule has 1 unspecified atom stereocenters. The molecule has 0 aromatic rings. The van der Waals surface area contributed by atoms with E-state index in [0.29, 0.717) is 5.92 Å². The van der Waals surface area contributed by atoms with Crippen LogP contribution in [0.25, 0.3) is 0 Å². The average Bonchev–Trinajstić information content (AvgIpc) is 2.37. The largest absolute Gasteiger partial charge is 0.350 e. The summed E-state index contributed by atoms with van der Waals surface area (Å²) in [6, 6.07) is 0. The van der Waals surface area contributed by atoms with Crippen LogP contribution in [0.4, 0.5) is 0 Å². The molecule has 0 radical (unpaired) electrons. The van der Waals surface area contributed by atoms with Crippen molar-refractivity contribution in [1.29, 1.82) is 0 Å². The van der Waals surface area contributed by atoms with Crippen molar-refractivity contribution in [3.63, 3.8) is 0 Å². The Morgan fingerprint density at radius 2 is 2.00 bits per heavy atom. The van der Waals surface area contributed by atoms with Crippen molar-refractivity contribution in [2.75, 3.05) is 6.61 Å². The second-order valence-electron chi connectivity index (χ2n) is 6.26. The molecule has 0 aromatic heterocycles. The zero-order valence-electron chi connectivity index (χ0n) is 11.4. The van der Waals surface area contributed by atoms with Gasteiger partial charge in [-0.15, -0.1) is 0 Å². The second-order valence-corrected chi connectivity index (χ2v) is 6.26. The van der Waals surface area contributed by atoms with E-state index in [1.165, 1.54) is 19.3 Å². The molecule has 0 N–H and O–H groups in total. The summed E-state index contributed by atoms with van der Waals surface area (Å²) in [5, 5.41) is 0. The highest BCUT2D eigenvalue weighted by Gasteiger charge is 2.47. The van der Waals surface area contributed by atoms with Crippen LogP contribution in [0.5, 0.6) is 0 Å². The Morgan fingerprint density at radius 1 is 1.11 bits per heavy atom. The molecule has 4 heterocycles. The molecule has 0 spiro atoms. The first kappa shape index (κ1) is 12.9. The van der Waals surface area contributed by atoms with Crippen LogP contribution in [0.15, 0.2) is 0 Å². The van der Waals surface area contributed by atoms with E-state index in [2.05, 4.69) is 6.92 Å². The van der Waals surface area contributed by atoms with Gasteiger partial charge in [-0.2, -0.15) is 0 Å². The smallest absolute Gasteiger partial charge is 0.201 e. The third-order valence-corrected chi connectivity index (χ3v) is 4.56. The summed E-state index contributed by atoms with van der Waals surface area (Å²) in [6.45, 7) is 5.08. The molecule has 4 saturated heterocycles. The highest BCUT2D eigenvalue weighted by Crippen LogP contribution is 2.39. The summed E-state index contributed by atoms with van der Waals surface area (Å²) in [5.74, 6) is 0.661. The third-order valence-electron chi connectivity index (χ3n) is 4.56. The van der Waals surface area contributed by atoms with Gasteiger partial charge in [-0.25, -0.2) is 9.78 Å². The van der Waals surface area contributed by atoms with E-state index in [1.807, 2.05) is 6.92 Å². The second kappa shape index (κ2) is 5.08. The number of rotatable bonds is 0. The number of hydrogen-bond donors (Lipinski definition) is 0. The van der Waals surface area contributed by atoms with E-state index in [-0.39, 0.29) is 12.4 Å². The molecule has 104 valence electrons. The zero-order chi connectivity index (χ0) is 12.6. The lowest BCUT2D eigenvalue weighted by Crippen LogP contribution is -2.54. The molecule has 4 nitrogen and oxygen atoms in total. The van der Waals surface area contributed by atoms with Gasteiger partial charge >= 0.3 is 0 Å². The number of fused-ring (bicyclic) bond motifs is 6. The highest BCUT2D eigenvalue weighted by atomic mass is 17.2. The topological polar surface area (TPSA) is 36.9 Å². The molecular weight excluding hydrogens is 232 g/mol. The molecule has 0 saturated carbocycles. The minimum atomic E-state index is -0.632. The maximum atomic E-state index is 6.01. The van der Waals surface area contributed by atoms with E-state index in [1.54, 1.807) is 0 Å². The SMILES string of the molecule is C[C@H]1CCC[C@]2(C)OO[C@H]3C(CCO[C@@H]3O2)CC1. The van der Waals surface area contributed by atoms with E-state index < -0.39 is 5.79 Å². The van der Waals surface area contributed by atoms with Crippen LogP contribution < -0.4 is 0 Å². The van der Waals surface area contributed by atoms with E-state index in [9.17, 15) is 0 Å². The predicted octanol–water partition coefficient (Wildman–Crippen LogP) is 3.01. The molecule has 4 bridgehead atoms. The number of hydrogen-bond acceptors (Lipinski definition) is 4. The van der Waals surface area contributed by atoms with Crippen LogP contribution >= 0.6 is 0 Å².